The van der Waals surface area contributed by atoms with Crippen LogP contribution in [-0.4, -0.2) is 37.6 Å². The second-order valence-corrected chi connectivity index (χ2v) is 9.28. The maximum absolute atomic E-state index is 13.2. The van der Waals surface area contributed by atoms with Gasteiger partial charge in [-0.3, -0.25) is 9.89 Å². The molecule has 1 aliphatic rings. The third-order valence-corrected chi connectivity index (χ3v) is 6.49. The molecule has 0 bridgehead atoms. The van der Waals surface area contributed by atoms with Gasteiger partial charge in [0.2, 0.25) is 5.16 Å². The standard InChI is InChI=1S/C26H25N5O3S/c1-17-5-9-19(10-6-17)21-14-22(23-4-3-13-33-23)31(30-21)25(32)16-35-26-27-24(28-29-26)15-34-20-11-7-18(2)8-12-20/h3-13,22H,14-16H2,1-2H3,(H,27,28,29). The lowest BCUT2D eigenvalue weighted by Gasteiger charge is -2.19. The van der Waals surface area contributed by atoms with E-state index in [0.717, 1.165) is 17.0 Å². The normalized spacial score (nSPS) is 15.3. The van der Waals surface area contributed by atoms with E-state index in [-0.39, 0.29) is 24.3 Å². The highest BCUT2D eigenvalue weighted by Crippen LogP contribution is 2.34. The lowest BCUT2D eigenvalue weighted by atomic mass is 10.0. The first-order chi connectivity index (χ1) is 17.0. The van der Waals surface area contributed by atoms with Crippen molar-refractivity contribution in [3.05, 3.63) is 95.2 Å². The van der Waals surface area contributed by atoms with Gasteiger partial charge in [-0.15, -0.1) is 5.10 Å². The zero-order chi connectivity index (χ0) is 24.2. The fraction of sp³-hybridized carbons (Fsp3) is 0.231. The Morgan fingerprint density at radius 3 is 2.57 bits per heavy atom. The number of H-pyrrole nitrogens is 1. The smallest absolute Gasteiger partial charge is 0.253 e. The van der Waals surface area contributed by atoms with E-state index in [1.54, 1.807) is 6.26 Å². The number of hydrogen-bond acceptors (Lipinski definition) is 7. The van der Waals surface area contributed by atoms with Crippen LogP contribution in [0.3, 0.4) is 0 Å². The second kappa shape index (κ2) is 10.2. The number of aromatic nitrogens is 3. The Morgan fingerprint density at radius 2 is 1.86 bits per heavy atom. The topological polar surface area (TPSA) is 96.6 Å². The molecule has 1 atom stereocenters. The van der Waals surface area contributed by atoms with Crippen molar-refractivity contribution in [3.8, 4) is 5.75 Å². The summed E-state index contributed by atoms with van der Waals surface area (Å²) in [6, 6.07) is 19.4. The van der Waals surface area contributed by atoms with Gasteiger partial charge in [0.25, 0.3) is 5.91 Å². The molecule has 1 unspecified atom stereocenters. The van der Waals surface area contributed by atoms with E-state index in [4.69, 9.17) is 9.15 Å². The first-order valence-electron chi connectivity index (χ1n) is 11.3. The number of nitrogens with zero attached hydrogens (tertiary/aromatic N) is 4. The number of furan rings is 1. The van der Waals surface area contributed by atoms with Gasteiger partial charge in [-0.05, 0) is 43.7 Å². The summed E-state index contributed by atoms with van der Waals surface area (Å²) in [6.45, 7) is 4.34. The van der Waals surface area contributed by atoms with E-state index in [1.807, 2.05) is 74.5 Å². The molecule has 4 aromatic rings. The number of hydrogen-bond donors (Lipinski definition) is 1. The van der Waals surface area contributed by atoms with Crippen LogP contribution in [0.5, 0.6) is 5.75 Å². The Kier molecular flexibility index (Phi) is 6.67. The zero-order valence-electron chi connectivity index (χ0n) is 19.5. The Labute approximate surface area is 207 Å². The third-order valence-electron chi connectivity index (χ3n) is 5.65. The summed E-state index contributed by atoms with van der Waals surface area (Å²) in [5.74, 6) is 2.08. The summed E-state index contributed by atoms with van der Waals surface area (Å²) in [4.78, 5) is 17.6. The van der Waals surface area contributed by atoms with Crippen molar-refractivity contribution in [1.82, 2.24) is 20.2 Å². The van der Waals surface area contributed by atoms with Crippen molar-refractivity contribution in [2.24, 2.45) is 5.10 Å². The van der Waals surface area contributed by atoms with Crippen molar-refractivity contribution in [3.63, 3.8) is 0 Å². The Bertz CT molecular complexity index is 1310. The second-order valence-electron chi connectivity index (χ2n) is 8.34. The fourth-order valence-corrected chi connectivity index (χ4v) is 4.42. The minimum atomic E-state index is -0.278. The average Bonchev–Trinajstić information content (AvgIpc) is 3.63. The highest BCUT2D eigenvalue weighted by molar-refractivity contribution is 7.99. The first kappa shape index (κ1) is 22.9. The predicted octanol–water partition coefficient (Wildman–Crippen LogP) is 5.06. The number of hydrazone groups is 1. The summed E-state index contributed by atoms with van der Waals surface area (Å²) in [5, 5.41) is 13.8. The van der Waals surface area contributed by atoms with Gasteiger partial charge in [0, 0.05) is 6.42 Å². The molecule has 0 fully saturated rings. The van der Waals surface area contributed by atoms with Crippen molar-refractivity contribution < 1.29 is 13.9 Å². The summed E-state index contributed by atoms with van der Waals surface area (Å²) in [5.41, 5.74) is 4.21. The van der Waals surface area contributed by atoms with Crippen LogP contribution in [0, 0.1) is 13.8 Å². The van der Waals surface area contributed by atoms with Crippen molar-refractivity contribution in [1.29, 1.82) is 0 Å². The Balaban J connectivity index is 1.23. The number of aryl methyl sites for hydroxylation is 2. The van der Waals surface area contributed by atoms with Crippen molar-refractivity contribution >= 4 is 23.4 Å². The van der Waals surface area contributed by atoms with Gasteiger partial charge in [-0.1, -0.05) is 59.3 Å². The minimum absolute atomic E-state index is 0.138. The number of rotatable bonds is 8. The molecule has 178 valence electrons. The van der Waals surface area contributed by atoms with Crippen LogP contribution in [0.2, 0.25) is 0 Å². The molecule has 1 aliphatic heterocycles. The number of thioether (sulfide) groups is 1. The first-order valence-corrected chi connectivity index (χ1v) is 12.3. The predicted molar refractivity (Wildman–Crippen MR) is 133 cm³/mol. The summed E-state index contributed by atoms with van der Waals surface area (Å²) in [6.07, 6.45) is 2.21. The largest absolute Gasteiger partial charge is 0.486 e. The molecule has 5 rings (SSSR count). The molecular formula is C26H25N5O3S. The molecule has 0 spiro atoms. The van der Waals surface area contributed by atoms with E-state index in [9.17, 15) is 4.79 Å². The maximum atomic E-state index is 13.2. The molecule has 1 N–H and O–H groups in total. The number of nitrogens with one attached hydrogen (secondary N) is 1. The molecule has 0 saturated carbocycles. The molecule has 2 aromatic heterocycles. The number of carbonyl (C=O) groups is 1. The van der Waals surface area contributed by atoms with Crippen LogP contribution in [0.4, 0.5) is 0 Å². The number of amides is 1. The highest BCUT2D eigenvalue weighted by Gasteiger charge is 2.34. The van der Waals surface area contributed by atoms with Gasteiger partial charge < -0.3 is 9.15 Å². The summed E-state index contributed by atoms with van der Waals surface area (Å²) >= 11 is 1.26. The number of ether oxygens (including phenoxy) is 1. The lowest BCUT2D eigenvalue weighted by molar-refractivity contribution is -0.130. The molecule has 9 heteroatoms. The number of carbonyl (C=O) groups excluding carboxylic acids is 1. The summed E-state index contributed by atoms with van der Waals surface area (Å²) in [7, 11) is 0. The molecule has 35 heavy (non-hydrogen) atoms. The Morgan fingerprint density at radius 1 is 1.11 bits per heavy atom. The molecule has 0 radical (unpaired) electrons. The van der Waals surface area contributed by atoms with Gasteiger partial charge in [-0.2, -0.15) is 5.10 Å². The third kappa shape index (κ3) is 5.46. The van der Waals surface area contributed by atoms with E-state index in [0.29, 0.717) is 23.2 Å². The minimum Gasteiger partial charge on any atom is -0.486 e. The Hall–Kier alpha value is -3.85. The van der Waals surface area contributed by atoms with Gasteiger partial charge in [-0.25, -0.2) is 9.99 Å². The molecule has 0 aliphatic carbocycles. The molecule has 1 amide bonds. The SMILES string of the molecule is Cc1ccc(OCc2nc(SCC(=O)N3N=C(c4ccc(C)cc4)CC3c3ccco3)n[nH]2)cc1. The molecular weight excluding hydrogens is 462 g/mol. The maximum Gasteiger partial charge on any atom is 0.253 e. The van der Waals surface area contributed by atoms with E-state index in [2.05, 4.69) is 20.3 Å². The average molecular weight is 488 g/mol. The highest BCUT2D eigenvalue weighted by atomic mass is 32.2. The van der Waals surface area contributed by atoms with Crippen LogP contribution in [0.15, 0.2) is 81.6 Å². The summed E-state index contributed by atoms with van der Waals surface area (Å²) < 4.78 is 11.4. The number of aromatic amines is 1. The van der Waals surface area contributed by atoms with Gasteiger partial charge in [0.05, 0.1) is 17.7 Å². The van der Waals surface area contributed by atoms with E-state index < -0.39 is 0 Å². The van der Waals surface area contributed by atoms with Crippen LogP contribution in [0.25, 0.3) is 0 Å². The molecule has 3 heterocycles. The van der Waals surface area contributed by atoms with Crippen LogP contribution in [0.1, 0.15) is 40.7 Å². The van der Waals surface area contributed by atoms with Gasteiger partial charge >= 0.3 is 0 Å². The van der Waals surface area contributed by atoms with E-state index >= 15 is 0 Å². The van der Waals surface area contributed by atoms with Crippen LogP contribution >= 0.6 is 11.8 Å². The van der Waals surface area contributed by atoms with Crippen molar-refractivity contribution in [2.75, 3.05) is 5.75 Å². The lowest BCUT2D eigenvalue weighted by Crippen LogP contribution is -2.28. The number of benzene rings is 2. The van der Waals surface area contributed by atoms with Crippen LogP contribution < -0.4 is 4.74 Å². The molecule has 0 saturated heterocycles. The van der Waals surface area contributed by atoms with Gasteiger partial charge in [0.15, 0.2) is 5.82 Å². The van der Waals surface area contributed by atoms with Crippen molar-refractivity contribution in [2.45, 2.75) is 38.1 Å². The monoisotopic (exact) mass is 487 g/mol. The molecule has 2 aromatic carbocycles. The quantitative estimate of drug-likeness (QED) is 0.349. The zero-order valence-corrected chi connectivity index (χ0v) is 20.3. The van der Waals surface area contributed by atoms with E-state index in [1.165, 1.54) is 27.9 Å². The molecule has 8 nitrogen and oxygen atoms in total. The fourth-order valence-electron chi connectivity index (χ4n) is 3.75. The van der Waals surface area contributed by atoms with Crippen LogP contribution in [-0.2, 0) is 11.4 Å². The van der Waals surface area contributed by atoms with Gasteiger partial charge in [0.1, 0.15) is 24.2 Å².